The number of benzene rings is 3. The molecular formula is C31H34Cl3N3O4. The van der Waals surface area contributed by atoms with Crippen LogP contribution in [-0.2, 0) is 27.4 Å². The summed E-state index contributed by atoms with van der Waals surface area (Å²) < 4.78 is 10.9. The zero-order valence-electron chi connectivity index (χ0n) is 22.6. The number of alkyl halides is 3. The van der Waals surface area contributed by atoms with E-state index in [0.717, 1.165) is 56.0 Å². The Morgan fingerprint density at radius 2 is 1.56 bits per heavy atom. The number of anilines is 1. The van der Waals surface area contributed by atoms with Crippen molar-refractivity contribution < 1.29 is 19.4 Å². The van der Waals surface area contributed by atoms with Gasteiger partial charge >= 0.3 is 0 Å². The molecule has 0 aliphatic carbocycles. The molecule has 2 aliphatic heterocycles. The summed E-state index contributed by atoms with van der Waals surface area (Å²) in [5.74, 6) is -0.740. The van der Waals surface area contributed by atoms with E-state index in [1.807, 2.05) is 36.4 Å². The van der Waals surface area contributed by atoms with Crippen LogP contribution in [0.3, 0.4) is 0 Å². The topological polar surface area (TPSA) is 74.3 Å². The van der Waals surface area contributed by atoms with Crippen molar-refractivity contribution in [3.63, 3.8) is 0 Å². The van der Waals surface area contributed by atoms with Crippen molar-refractivity contribution in [3.8, 4) is 0 Å². The highest BCUT2D eigenvalue weighted by Crippen LogP contribution is 2.39. The third-order valence-electron chi connectivity index (χ3n) is 7.46. The molecule has 0 spiro atoms. The third kappa shape index (κ3) is 8.43. The molecule has 2 heterocycles. The predicted molar refractivity (Wildman–Crippen MR) is 162 cm³/mol. The summed E-state index contributed by atoms with van der Waals surface area (Å²) >= 11 is 17.2. The number of hydrogen-bond acceptors (Lipinski definition) is 6. The minimum atomic E-state index is -2.07. The van der Waals surface area contributed by atoms with E-state index < -0.39 is 16.0 Å². The number of amides is 1. The quantitative estimate of drug-likeness (QED) is 0.309. The van der Waals surface area contributed by atoms with Gasteiger partial charge in [-0.1, -0.05) is 102 Å². The zero-order valence-corrected chi connectivity index (χ0v) is 24.9. The Morgan fingerprint density at radius 3 is 2.24 bits per heavy atom. The molecule has 5 rings (SSSR count). The van der Waals surface area contributed by atoms with Gasteiger partial charge in [0.15, 0.2) is 6.29 Å². The summed E-state index contributed by atoms with van der Waals surface area (Å²) in [6.45, 7) is 5.66. The van der Waals surface area contributed by atoms with Crippen molar-refractivity contribution in [2.75, 3.05) is 38.0 Å². The van der Waals surface area contributed by atoms with Crippen LogP contribution in [0.2, 0.25) is 0 Å². The highest BCUT2D eigenvalue weighted by molar-refractivity contribution is 6.76. The molecule has 3 aromatic rings. The number of aliphatic hydroxyl groups is 1. The average Bonchev–Trinajstić information content (AvgIpc) is 2.98. The summed E-state index contributed by atoms with van der Waals surface area (Å²) in [7, 11) is 0. The van der Waals surface area contributed by atoms with Gasteiger partial charge in [-0.25, -0.2) is 0 Å². The first-order chi connectivity index (χ1) is 19.8. The Bertz CT molecular complexity index is 1280. The van der Waals surface area contributed by atoms with E-state index in [1.54, 1.807) is 18.2 Å². The molecule has 218 valence electrons. The van der Waals surface area contributed by atoms with Crippen molar-refractivity contribution in [2.24, 2.45) is 0 Å². The highest BCUT2D eigenvalue weighted by atomic mass is 35.6. The number of hydrogen-bond donors (Lipinski definition) is 2. The zero-order chi connectivity index (χ0) is 28.8. The lowest BCUT2D eigenvalue weighted by Crippen LogP contribution is -2.49. The van der Waals surface area contributed by atoms with Crippen LogP contribution in [-0.4, -0.2) is 63.4 Å². The van der Waals surface area contributed by atoms with Gasteiger partial charge in [0, 0.05) is 56.9 Å². The van der Waals surface area contributed by atoms with E-state index in [2.05, 4.69) is 39.4 Å². The second-order valence-corrected chi connectivity index (χ2v) is 12.8. The maximum atomic E-state index is 12.2. The van der Waals surface area contributed by atoms with Gasteiger partial charge in [0.25, 0.3) is 9.70 Å². The number of halogens is 3. The Morgan fingerprint density at radius 1 is 0.854 bits per heavy atom. The number of carbonyl (C=O) groups excluding carboxylic acids is 1. The number of carbonyl (C=O) groups is 1. The van der Waals surface area contributed by atoms with Crippen molar-refractivity contribution in [1.82, 2.24) is 9.80 Å². The largest absolute Gasteiger partial charge is 0.392 e. The molecule has 2 aliphatic rings. The minimum absolute atomic E-state index is 0.0108. The molecule has 1 amide bonds. The third-order valence-corrected chi connectivity index (χ3v) is 7.98. The summed E-state index contributed by atoms with van der Waals surface area (Å²) in [5, 5.41) is 12.1. The lowest BCUT2D eigenvalue weighted by molar-refractivity contribution is -0.253. The van der Waals surface area contributed by atoms with Gasteiger partial charge in [-0.2, -0.15) is 0 Å². The fourth-order valence-corrected chi connectivity index (χ4v) is 5.40. The van der Waals surface area contributed by atoms with Gasteiger partial charge in [0.2, 0.25) is 0 Å². The molecule has 0 saturated carbocycles. The number of nitrogens with one attached hydrogen (secondary N) is 1. The number of rotatable bonds is 8. The molecule has 3 atom stereocenters. The second kappa shape index (κ2) is 13.8. The van der Waals surface area contributed by atoms with Crippen LogP contribution in [0, 0.1) is 0 Å². The van der Waals surface area contributed by atoms with Crippen LogP contribution in [0.25, 0.3) is 0 Å². The van der Waals surface area contributed by atoms with E-state index in [1.165, 1.54) is 5.56 Å². The lowest BCUT2D eigenvalue weighted by atomic mass is 9.99. The van der Waals surface area contributed by atoms with Crippen LogP contribution >= 0.6 is 34.8 Å². The number of aliphatic hydroxyl groups excluding tert-OH is 1. The van der Waals surface area contributed by atoms with E-state index in [0.29, 0.717) is 12.1 Å². The van der Waals surface area contributed by atoms with E-state index in [-0.39, 0.29) is 18.8 Å². The monoisotopic (exact) mass is 617 g/mol. The molecule has 2 fully saturated rings. The predicted octanol–water partition coefficient (Wildman–Crippen LogP) is 5.85. The molecule has 41 heavy (non-hydrogen) atoms. The maximum absolute atomic E-state index is 12.2. The molecule has 10 heteroatoms. The molecule has 0 aromatic heterocycles. The Hall–Kier alpha value is -2.20. The van der Waals surface area contributed by atoms with Crippen molar-refractivity contribution in [2.45, 2.75) is 41.9 Å². The first kappa shape index (κ1) is 30.3. The smallest absolute Gasteiger partial charge is 0.276 e. The van der Waals surface area contributed by atoms with Gasteiger partial charge < -0.3 is 19.9 Å². The fourth-order valence-electron chi connectivity index (χ4n) is 5.26. The second-order valence-electron chi connectivity index (χ2n) is 10.5. The molecule has 0 radical (unpaired) electrons. The van der Waals surface area contributed by atoms with Crippen LogP contribution in [0.5, 0.6) is 0 Å². The number of ether oxygens (including phenoxy) is 2. The van der Waals surface area contributed by atoms with E-state index in [4.69, 9.17) is 44.3 Å². The van der Waals surface area contributed by atoms with Crippen LogP contribution in [0.15, 0.2) is 78.9 Å². The van der Waals surface area contributed by atoms with Gasteiger partial charge in [-0.15, -0.1) is 0 Å². The molecule has 0 unspecified atom stereocenters. The van der Waals surface area contributed by atoms with Gasteiger partial charge in [0.05, 0.1) is 18.8 Å². The minimum Gasteiger partial charge on any atom is -0.392 e. The maximum Gasteiger partial charge on any atom is 0.276 e. The number of piperazine rings is 1. The summed E-state index contributed by atoms with van der Waals surface area (Å²) in [6, 6.07) is 25.6. The van der Waals surface area contributed by atoms with Crippen LogP contribution < -0.4 is 5.32 Å². The van der Waals surface area contributed by atoms with Crippen LogP contribution in [0.1, 0.15) is 41.1 Å². The summed E-state index contributed by atoms with van der Waals surface area (Å²) in [5.41, 5.74) is 4.43. The van der Waals surface area contributed by atoms with E-state index in [9.17, 15) is 9.90 Å². The molecule has 2 saturated heterocycles. The van der Waals surface area contributed by atoms with Gasteiger partial charge in [-0.3, -0.25) is 14.6 Å². The Balaban J connectivity index is 1.28. The van der Waals surface area contributed by atoms with Crippen LogP contribution in [0.4, 0.5) is 5.69 Å². The number of nitrogens with zero attached hydrogens (tertiary/aromatic N) is 2. The molecule has 7 nitrogen and oxygen atoms in total. The average molecular weight is 619 g/mol. The van der Waals surface area contributed by atoms with E-state index >= 15 is 0 Å². The molecular weight excluding hydrogens is 585 g/mol. The Kier molecular flexibility index (Phi) is 10.2. The first-order valence-corrected chi connectivity index (χ1v) is 14.9. The van der Waals surface area contributed by atoms with Crippen molar-refractivity contribution >= 4 is 46.4 Å². The first-order valence-electron chi connectivity index (χ1n) is 13.7. The molecule has 3 aromatic carbocycles. The SMILES string of the molecule is O=C(Nc1cccc([C@@H]2O[C@H](CN3CCN(Cc4ccccc4)CC3)C[C@H](c3ccc(CO)cc3)O2)c1)C(Cl)(Cl)Cl. The van der Waals surface area contributed by atoms with Crippen molar-refractivity contribution in [3.05, 3.63) is 101 Å². The van der Waals surface area contributed by atoms with Crippen molar-refractivity contribution in [1.29, 1.82) is 0 Å². The summed E-state index contributed by atoms with van der Waals surface area (Å²) in [4.78, 5) is 17.2. The lowest BCUT2D eigenvalue weighted by Gasteiger charge is -2.41. The normalized spacial score (nSPS) is 22.4. The molecule has 0 bridgehead atoms. The fraction of sp³-hybridized carbons (Fsp3) is 0.387. The molecule has 2 N–H and O–H groups in total. The highest BCUT2D eigenvalue weighted by Gasteiger charge is 2.34. The van der Waals surface area contributed by atoms with Gasteiger partial charge in [0.1, 0.15) is 0 Å². The standard InChI is InChI=1S/C31H34Cl3N3O4/c32-31(33,34)30(39)35-26-8-4-7-25(17-26)29-40-27(18-28(41-29)24-11-9-23(21-38)10-12-24)20-37-15-13-36(14-16-37)19-22-5-2-1-3-6-22/h1-12,17,27-29,38H,13-16,18-21H2,(H,35,39)/t27-,28+,29+/m0/s1. The Labute approximate surface area is 255 Å². The van der Waals surface area contributed by atoms with Gasteiger partial charge in [-0.05, 0) is 28.8 Å². The summed E-state index contributed by atoms with van der Waals surface area (Å²) in [6.07, 6.45) is -0.231.